The molecule has 1 heterocycles. The van der Waals surface area contributed by atoms with Crippen molar-refractivity contribution in [3.8, 4) is 0 Å². The maximum Gasteiger partial charge on any atom is 0.274 e. The number of amides is 1. The smallest absolute Gasteiger partial charge is 0.274 e. The molecule has 1 aliphatic rings. The summed E-state index contributed by atoms with van der Waals surface area (Å²) in [5, 5.41) is 6.30. The lowest BCUT2D eigenvalue weighted by Gasteiger charge is -2.23. The summed E-state index contributed by atoms with van der Waals surface area (Å²) < 4.78 is 0.852. The van der Waals surface area contributed by atoms with Gasteiger partial charge in [-0.15, -0.1) is 0 Å². The van der Waals surface area contributed by atoms with Crippen molar-refractivity contribution in [2.24, 2.45) is 0 Å². The SMILES string of the molecule is Cc1ccc(NC(=O)c2cc(NC3CCCCC3)ncn2)c(Br)c1. The molecule has 3 rings (SSSR count). The summed E-state index contributed by atoms with van der Waals surface area (Å²) in [5.41, 5.74) is 2.21. The second-order valence-corrected chi connectivity index (χ2v) is 7.06. The van der Waals surface area contributed by atoms with Gasteiger partial charge in [0, 0.05) is 16.6 Å². The van der Waals surface area contributed by atoms with E-state index in [2.05, 4.69) is 36.5 Å². The van der Waals surface area contributed by atoms with Crippen LogP contribution >= 0.6 is 15.9 Å². The standard InChI is InChI=1S/C18H21BrN4O/c1-12-7-8-15(14(19)9-12)23-18(24)16-10-17(21-11-20-16)22-13-5-3-2-4-6-13/h7-11,13H,2-6H2,1H3,(H,23,24)(H,20,21,22). The number of halogens is 1. The number of hydrogen-bond acceptors (Lipinski definition) is 4. The molecule has 0 atom stereocenters. The van der Waals surface area contributed by atoms with E-state index in [-0.39, 0.29) is 5.91 Å². The zero-order chi connectivity index (χ0) is 16.9. The van der Waals surface area contributed by atoms with Crippen molar-refractivity contribution < 1.29 is 4.79 Å². The number of hydrogen-bond donors (Lipinski definition) is 2. The van der Waals surface area contributed by atoms with Gasteiger partial charge in [-0.2, -0.15) is 0 Å². The Labute approximate surface area is 150 Å². The minimum absolute atomic E-state index is 0.242. The molecule has 1 amide bonds. The Balaban J connectivity index is 1.69. The van der Waals surface area contributed by atoms with Crippen LogP contribution in [0.2, 0.25) is 0 Å². The minimum Gasteiger partial charge on any atom is -0.367 e. The molecule has 0 saturated heterocycles. The van der Waals surface area contributed by atoms with Gasteiger partial charge in [-0.3, -0.25) is 4.79 Å². The number of nitrogens with zero attached hydrogens (tertiary/aromatic N) is 2. The van der Waals surface area contributed by atoms with Gasteiger partial charge in [0.2, 0.25) is 0 Å². The van der Waals surface area contributed by atoms with E-state index < -0.39 is 0 Å². The van der Waals surface area contributed by atoms with Gasteiger partial charge in [0.15, 0.2) is 0 Å². The Morgan fingerprint density at radius 3 is 2.71 bits per heavy atom. The van der Waals surface area contributed by atoms with Crippen LogP contribution in [-0.2, 0) is 0 Å². The molecule has 126 valence electrons. The van der Waals surface area contributed by atoms with Crippen molar-refractivity contribution in [3.63, 3.8) is 0 Å². The van der Waals surface area contributed by atoms with Crippen LogP contribution in [-0.4, -0.2) is 21.9 Å². The lowest BCUT2D eigenvalue weighted by atomic mass is 9.95. The summed E-state index contributed by atoms with van der Waals surface area (Å²) >= 11 is 3.47. The van der Waals surface area contributed by atoms with Crippen molar-refractivity contribution in [2.75, 3.05) is 10.6 Å². The third kappa shape index (κ3) is 4.32. The Morgan fingerprint density at radius 2 is 1.96 bits per heavy atom. The van der Waals surface area contributed by atoms with Crippen molar-refractivity contribution in [3.05, 3.63) is 46.3 Å². The summed E-state index contributed by atoms with van der Waals surface area (Å²) in [5.74, 6) is 0.471. The van der Waals surface area contributed by atoms with Gasteiger partial charge >= 0.3 is 0 Å². The second kappa shape index (κ2) is 7.75. The van der Waals surface area contributed by atoms with Gasteiger partial charge in [-0.05, 0) is 53.4 Å². The molecular formula is C18H21BrN4O. The molecule has 0 unspecified atom stereocenters. The van der Waals surface area contributed by atoms with Gasteiger partial charge < -0.3 is 10.6 Å². The van der Waals surface area contributed by atoms with Crippen molar-refractivity contribution >= 4 is 33.3 Å². The average Bonchev–Trinajstić information content (AvgIpc) is 2.58. The first kappa shape index (κ1) is 16.9. The van der Waals surface area contributed by atoms with Crippen LogP contribution < -0.4 is 10.6 Å². The van der Waals surface area contributed by atoms with Crippen LogP contribution in [0, 0.1) is 6.92 Å². The zero-order valence-electron chi connectivity index (χ0n) is 13.7. The molecule has 0 spiro atoms. The summed E-state index contributed by atoms with van der Waals surface area (Å²) in [4.78, 5) is 20.8. The first-order valence-electron chi connectivity index (χ1n) is 8.28. The highest BCUT2D eigenvalue weighted by atomic mass is 79.9. The van der Waals surface area contributed by atoms with Crippen LogP contribution in [0.25, 0.3) is 0 Å². The first-order chi connectivity index (χ1) is 11.6. The third-order valence-electron chi connectivity index (χ3n) is 4.23. The molecular weight excluding hydrogens is 368 g/mol. The summed E-state index contributed by atoms with van der Waals surface area (Å²) in [6.45, 7) is 2.00. The van der Waals surface area contributed by atoms with Gasteiger partial charge in [-0.1, -0.05) is 25.3 Å². The fourth-order valence-electron chi connectivity index (χ4n) is 2.92. The molecule has 0 aliphatic heterocycles. The molecule has 0 bridgehead atoms. The molecule has 1 aliphatic carbocycles. The summed E-state index contributed by atoms with van der Waals surface area (Å²) in [6.07, 6.45) is 7.55. The molecule has 1 aromatic heterocycles. The Kier molecular flexibility index (Phi) is 5.45. The number of benzene rings is 1. The fraction of sp³-hybridized carbons (Fsp3) is 0.389. The van der Waals surface area contributed by atoms with Crippen LogP contribution in [0.4, 0.5) is 11.5 Å². The largest absolute Gasteiger partial charge is 0.367 e. The quantitative estimate of drug-likeness (QED) is 0.806. The van der Waals surface area contributed by atoms with E-state index in [1.54, 1.807) is 6.07 Å². The van der Waals surface area contributed by atoms with Crippen LogP contribution in [0.5, 0.6) is 0 Å². The highest BCUT2D eigenvalue weighted by molar-refractivity contribution is 9.10. The van der Waals surface area contributed by atoms with E-state index >= 15 is 0 Å². The molecule has 2 aromatic rings. The minimum atomic E-state index is -0.242. The van der Waals surface area contributed by atoms with Gasteiger partial charge in [0.1, 0.15) is 17.8 Å². The number of carbonyl (C=O) groups is 1. The highest BCUT2D eigenvalue weighted by Crippen LogP contribution is 2.24. The summed E-state index contributed by atoms with van der Waals surface area (Å²) in [6, 6.07) is 7.95. The van der Waals surface area contributed by atoms with Crippen molar-refractivity contribution in [1.29, 1.82) is 0 Å². The van der Waals surface area contributed by atoms with E-state index in [4.69, 9.17) is 0 Å². The zero-order valence-corrected chi connectivity index (χ0v) is 15.3. The molecule has 1 fully saturated rings. The van der Waals surface area contributed by atoms with Crippen LogP contribution in [0.3, 0.4) is 0 Å². The number of nitrogens with one attached hydrogen (secondary N) is 2. The van der Waals surface area contributed by atoms with E-state index in [9.17, 15) is 4.79 Å². The molecule has 6 heteroatoms. The molecule has 24 heavy (non-hydrogen) atoms. The molecule has 5 nitrogen and oxygen atoms in total. The number of aromatic nitrogens is 2. The Bertz CT molecular complexity index is 729. The van der Waals surface area contributed by atoms with E-state index in [0.29, 0.717) is 17.6 Å². The lowest BCUT2D eigenvalue weighted by Crippen LogP contribution is -2.23. The number of rotatable bonds is 4. The van der Waals surface area contributed by atoms with Crippen molar-refractivity contribution in [1.82, 2.24) is 9.97 Å². The van der Waals surface area contributed by atoms with E-state index in [1.165, 1.54) is 25.6 Å². The van der Waals surface area contributed by atoms with E-state index in [0.717, 1.165) is 28.6 Å². The molecule has 1 saturated carbocycles. The lowest BCUT2D eigenvalue weighted by molar-refractivity contribution is 0.102. The predicted molar refractivity (Wildman–Crippen MR) is 99.4 cm³/mol. The predicted octanol–water partition coefficient (Wildman–Crippen LogP) is 4.54. The van der Waals surface area contributed by atoms with Gasteiger partial charge in [0.05, 0.1) is 5.69 Å². The molecule has 0 radical (unpaired) electrons. The number of carbonyl (C=O) groups excluding carboxylic acids is 1. The van der Waals surface area contributed by atoms with E-state index in [1.807, 2.05) is 25.1 Å². The highest BCUT2D eigenvalue weighted by Gasteiger charge is 2.15. The first-order valence-corrected chi connectivity index (χ1v) is 9.07. The molecule has 2 N–H and O–H groups in total. The van der Waals surface area contributed by atoms with Gasteiger partial charge in [0.25, 0.3) is 5.91 Å². The maximum absolute atomic E-state index is 12.4. The summed E-state index contributed by atoms with van der Waals surface area (Å²) in [7, 11) is 0. The van der Waals surface area contributed by atoms with Gasteiger partial charge in [-0.25, -0.2) is 9.97 Å². The topological polar surface area (TPSA) is 66.9 Å². The number of aryl methyl sites for hydroxylation is 1. The maximum atomic E-state index is 12.4. The normalized spacial score (nSPS) is 15.1. The van der Waals surface area contributed by atoms with Crippen LogP contribution in [0.1, 0.15) is 48.2 Å². The fourth-order valence-corrected chi connectivity index (χ4v) is 3.52. The second-order valence-electron chi connectivity index (χ2n) is 6.21. The average molecular weight is 389 g/mol. The van der Waals surface area contributed by atoms with Crippen LogP contribution in [0.15, 0.2) is 35.1 Å². The number of anilines is 2. The Hall–Kier alpha value is -1.95. The third-order valence-corrected chi connectivity index (χ3v) is 4.89. The monoisotopic (exact) mass is 388 g/mol. The Morgan fingerprint density at radius 1 is 1.17 bits per heavy atom. The van der Waals surface area contributed by atoms with Crippen molar-refractivity contribution in [2.45, 2.75) is 45.1 Å². The molecule has 1 aromatic carbocycles.